The molecular weight excluding hydrogens is 358 g/mol. The molecule has 0 aromatic carbocycles. The lowest BCUT2D eigenvalue weighted by molar-refractivity contribution is -0.127. The van der Waals surface area contributed by atoms with E-state index in [-0.39, 0.29) is 22.8 Å². The van der Waals surface area contributed by atoms with Crippen molar-refractivity contribution in [3.05, 3.63) is 11.6 Å². The highest BCUT2D eigenvalue weighted by molar-refractivity contribution is 7.80. The second-order valence-electron chi connectivity index (χ2n) is 10.1. The van der Waals surface area contributed by atoms with Gasteiger partial charge in [0.15, 0.2) is 5.11 Å². The predicted molar refractivity (Wildman–Crippen MR) is 107 cm³/mol. The standard InChI is InChI=1S/C21H31N3O2S/c1-19-9-10-21(17(26)22-18(27)23-24-21)11-12(19)3-4-13-14-5-6-16(25)20(14,2)8-7-15(13)19/h11,13-16,24-25H,3-10H2,1-2H3,(H2,22,23,26,27)/t13-,14-,15-,16-,19-,20-,21?/m0/s1. The smallest absolute Gasteiger partial charge is 0.252 e. The van der Waals surface area contributed by atoms with Gasteiger partial charge in [-0.25, -0.2) is 5.43 Å². The van der Waals surface area contributed by atoms with Crippen LogP contribution in [0.4, 0.5) is 0 Å². The summed E-state index contributed by atoms with van der Waals surface area (Å²) < 4.78 is 0. The van der Waals surface area contributed by atoms with E-state index in [1.54, 1.807) is 0 Å². The molecule has 148 valence electrons. The third-order valence-electron chi connectivity index (χ3n) is 9.18. The molecule has 4 N–H and O–H groups in total. The summed E-state index contributed by atoms with van der Waals surface area (Å²) in [6, 6.07) is 0. The molecule has 4 fully saturated rings. The number of thiocarbonyl (C=S) groups is 1. The summed E-state index contributed by atoms with van der Waals surface area (Å²) in [5.74, 6) is 2.03. The highest BCUT2D eigenvalue weighted by atomic mass is 32.1. The first kappa shape index (κ1) is 18.1. The van der Waals surface area contributed by atoms with Crippen LogP contribution in [0.25, 0.3) is 0 Å². The molecule has 1 saturated heterocycles. The lowest BCUT2D eigenvalue weighted by Crippen LogP contribution is -2.71. The fourth-order valence-corrected chi connectivity index (χ4v) is 7.60. The summed E-state index contributed by atoms with van der Waals surface area (Å²) in [5, 5.41) is 13.8. The van der Waals surface area contributed by atoms with Gasteiger partial charge >= 0.3 is 0 Å². The summed E-state index contributed by atoms with van der Waals surface area (Å²) in [5.41, 5.74) is 7.24. The summed E-state index contributed by atoms with van der Waals surface area (Å²) in [7, 11) is 0. The Kier molecular flexibility index (Phi) is 3.86. The number of fused-ring (bicyclic) bond motifs is 5. The Bertz CT molecular complexity index is 739. The summed E-state index contributed by atoms with van der Waals surface area (Å²) in [6.07, 6.45) is 10.7. The van der Waals surface area contributed by atoms with Crippen LogP contribution in [0.3, 0.4) is 0 Å². The van der Waals surface area contributed by atoms with Gasteiger partial charge in [0.2, 0.25) is 0 Å². The SMILES string of the molecule is C[C@]12CC[C@H]3[C@@H](CCC4=CC5(CC[C@@]43C)NNC(=S)NC5=O)[C@@H]1CC[C@@H]2O. The zero-order chi connectivity index (χ0) is 19.0. The number of rotatable bonds is 0. The highest BCUT2D eigenvalue weighted by Crippen LogP contribution is 2.65. The number of hydrazine groups is 1. The molecule has 0 bridgehead atoms. The highest BCUT2D eigenvalue weighted by Gasteiger charge is 2.60. The van der Waals surface area contributed by atoms with Crippen molar-refractivity contribution in [3.63, 3.8) is 0 Å². The van der Waals surface area contributed by atoms with Crippen LogP contribution in [0, 0.1) is 28.6 Å². The number of hydrogen-bond acceptors (Lipinski definition) is 4. The van der Waals surface area contributed by atoms with Crippen LogP contribution < -0.4 is 16.2 Å². The molecular formula is C21H31N3O2S. The topological polar surface area (TPSA) is 73.4 Å². The van der Waals surface area contributed by atoms with Crippen LogP contribution in [0.2, 0.25) is 0 Å². The van der Waals surface area contributed by atoms with Gasteiger partial charge in [-0.1, -0.05) is 25.5 Å². The first-order chi connectivity index (χ1) is 12.8. The molecule has 1 amide bonds. The van der Waals surface area contributed by atoms with Gasteiger partial charge in [0, 0.05) is 0 Å². The van der Waals surface area contributed by atoms with Gasteiger partial charge in [-0.15, -0.1) is 0 Å². The van der Waals surface area contributed by atoms with Crippen LogP contribution in [0.15, 0.2) is 11.6 Å². The monoisotopic (exact) mass is 389 g/mol. The minimum atomic E-state index is -0.670. The zero-order valence-corrected chi connectivity index (χ0v) is 17.1. The minimum absolute atomic E-state index is 0.0296. The van der Waals surface area contributed by atoms with Gasteiger partial charge in [-0.3, -0.25) is 10.2 Å². The van der Waals surface area contributed by atoms with E-state index in [0.29, 0.717) is 16.9 Å². The van der Waals surface area contributed by atoms with Crippen molar-refractivity contribution in [3.8, 4) is 0 Å². The van der Waals surface area contributed by atoms with Crippen molar-refractivity contribution in [2.75, 3.05) is 0 Å². The molecule has 27 heavy (non-hydrogen) atoms. The maximum atomic E-state index is 12.7. The third-order valence-corrected chi connectivity index (χ3v) is 9.38. The van der Waals surface area contributed by atoms with Crippen molar-refractivity contribution >= 4 is 23.2 Å². The largest absolute Gasteiger partial charge is 0.393 e. The Morgan fingerprint density at radius 3 is 2.70 bits per heavy atom. The van der Waals surface area contributed by atoms with E-state index in [2.05, 4.69) is 36.1 Å². The third kappa shape index (κ3) is 2.36. The van der Waals surface area contributed by atoms with Crippen LogP contribution in [0.5, 0.6) is 0 Å². The normalized spacial score (nSPS) is 51.6. The summed E-state index contributed by atoms with van der Waals surface area (Å²) >= 11 is 5.07. The molecule has 1 spiro atoms. The van der Waals surface area contributed by atoms with E-state index >= 15 is 0 Å². The number of aliphatic hydroxyl groups excluding tert-OH is 1. The van der Waals surface area contributed by atoms with Crippen molar-refractivity contribution in [1.29, 1.82) is 0 Å². The van der Waals surface area contributed by atoms with Gasteiger partial charge in [-0.05, 0) is 92.2 Å². The van der Waals surface area contributed by atoms with Gasteiger partial charge in [-0.2, -0.15) is 0 Å². The second kappa shape index (κ2) is 5.77. The summed E-state index contributed by atoms with van der Waals surface area (Å²) in [6.45, 7) is 4.77. The van der Waals surface area contributed by atoms with Crippen molar-refractivity contribution in [2.24, 2.45) is 28.6 Å². The van der Waals surface area contributed by atoms with E-state index < -0.39 is 5.54 Å². The first-order valence-corrected chi connectivity index (χ1v) is 11.0. The molecule has 1 aliphatic heterocycles. The Morgan fingerprint density at radius 1 is 1.11 bits per heavy atom. The molecule has 6 heteroatoms. The predicted octanol–water partition coefficient (Wildman–Crippen LogP) is 2.56. The fourth-order valence-electron chi connectivity index (χ4n) is 7.46. The van der Waals surface area contributed by atoms with Gasteiger partial charge in [0.05, 0.1) is 6.10 Å². The number of carbonyl (C=O) groups is 1. The zero-order valence-electron chi connectivity index (χ0n) is 16.3. The molecule has 0 aromatic rings. The van der Waals surface area contributed by atoms with E-state index in [4.69, 9.17) is 12.2 Å². The Hall–Kier alpha value is -0.980. The molecule has 5 nitrogen and oxygen atoms in total. The van der Waals surface area contributed by atoms with Crippen molar-refractivity contribution in [2.45, 2.75) is 76.9 Å². The van der Waals surface area contributed by atoms with Crippen molar-refractivity contribution in [1.82, 2.24) is 16.2 Å². The van der Waals surface area contributed by atoms with Crippen LogP contribution in [-0.2, 0) is 4.79 Å². The van der Waals surface area contributed by atoms with E-state index in [9.17, 15) is 9.90 Å². The van der Waals surface area contributed by atoms with Crippen LogP contribution >= 0.6 is 12.2 Å². The van der Waals surface area contributed by atoms with E-state index in [1.807, 2.05) is 0 Å². The molecule has 5 aliphatic rings. The summed E-state index contributed by atoms with van der Waals surface area (Å²) in [4.78, 5) is 12.7. The van der Waals surface area contributed by atoms with Gasteiger partial charge in [0.25, 0.3) is 5.91 Å². The van der Waals surface area contributed by atoms with Crippen LogP contribution in [0.1, 0.15) is 65.2 Å². The molecule has 1 heterocycles. The molecule has 5 rings (SSSR count). The first-order valence-electron chi connectivity index (χ1n) is 10.6. The number of allylic oxidation sites excluding steroid dienone is 1. The number of aliphatic hydroxyl groups is 1. The Balaban J connectivity index is 1.46. The lowest BCUT2D eigenvalue weighted by Gasteiger charge is -2.59. The maximum Gasteiger partial charge on any atom is 0.252 e. The van der Waals surface area contributed by atoms with E-state index in [1.165, 1.54) is 24.8 Å². The molecule has 1 unspecified atom stereocenters. The molecule has 0 radical (unpaired) electrons. The molecule has 3 saturated carbocycles. The molecule has 7 atom stereocenters. The minimum Gasteiger partial charge on any atom is -0.393 e. The molecule has 0 aromatic heterocycles. The van der Waals surface area contributed by atoms with Gasteiger partial charge in [0.1, 0.15) is 5.54 Å². The average molecular weight is 390 g/mol. The quantitative estimate of drug-likeness (QED) is 0.379. The number of amides is 1. The Morgan fingerprint density at radius 2 is 1.93 bits per heavy atom. The molecule has 4 aliphatic carbocycles. The van der Waals surface area contributed by atoms with Crippen LogP contribution in [-0.4, -0.2) is 27.8 Å². The van der Waals surface area contributed by atoms with Crippen molar-refractivity contribution < 1.29 is 9.90 Å². The number of nitrogens with one attached hydrogen (secondary N) is 3. The maximum absolute atomic E-state index is 12.7. The Labute approximate surface area is 166 Å². The number of carbonyl (C=O) groups excluding carboxylic acids is 1. The second-order valence-corrected chi connectivity index (χ2v) is 10.6. The average Bonchev–Trinajstić information content (AvgIpc) is 2.94. The van der Waals surface area contributed by atoms with E-state index in [0.717, 1.165) is 38.0 Å². The lowest BCUT2D eigenvalue weighted by atomic mass is 9.46. The number of hydrogen-bond donors (Lipinski definition) is 4. The van der Waals surface area contributed by atoms with Gasteiger partial charge < -0.3 is 10.4 Å². The fraction of sp³-hybridized carbons (Fsp3) is 0.810.